The summed E-state index contributed by atoms with van der Waals surface area (Å²) < 4.78 is 1.89. The van der Waals surface area contributed by atoms with E-state index < -0.39 is 0 Å². The van der Waals surface area contributed by atoms with Gasteiger partial charge in [-0.15, -0.1) is 0 Å². The lowest BCUT2D eigenvalue weighted by Gasteiger charge is -1.95. The van der Waals surface area contributed by atoms with Gasteiger partial charge in [-0.3, -0.25) is 0 Å². The summed E-state index contributed by atoms with van der Waals surface area (Å²) in [6.07, 6.45) is 0.780. The van der Waals surface area contributed by atoms with Gasteiger partial charge >= 0.3 is 0 Å². The Kier molecular flexibility index (Phi) is 2.37. The van der Waals surface area contributed by atoms with E-state index >= 15 is 0 Å². The van der Waals surface area contributed by atoms with Crippen molar-refractivity contribution in [1.29, 1.82) is 0 Å². The first-order chi connectivity index (χ1) is 8.33. The van der Waals surface area contributed by atoms with Gasteiger partial charge in [0, 0.05) is 12.1 Å². The van der Waals surface area contributed by atoms with Crippen LogP contribution in [0.4, 0.5) is 0 Å². The summed E-state index contributed by atoms with van der Waals surface area (Å²) in [5, 5.41) is 4.51. The molecule has 0 aliphatic carbocycles. The minimum atomic E-state index is 0.780. The van der Waals surface area contributed by atoms with Crippen LogP contribution >= 0.6 is 0 Å². The van der Waals surface area contributed by atoms with E-state index in [1.807, 2.05) is 47.8 Å². The predicted molar refractivity (Wildman–Crippen MR) is 67.0 cm³/mol. The summed E-state index contributed by atoms with van der Waals surface area (Å²) in [5.74, 6) is 0.866. The fraction of sp³-hybridized carbons (Fsp3) is 0.143. The molecule has 3 heteroatoms. The largest absolute Gasteiger partial charge is 0.218 e. The highest BCUT2D eigenvalue weighted by Gasteiger charge is 2.05. The van der Waals surface area contributed by atoms with Crippen molar-refractivity contribution in [3.8, 4) is 0 Å². The smallest absolute Gasteiger partial charge is 0.156 e. The Balaban J connectivity index is 1.99. The van der Waals surface area contributed by atoms with Gasteiger partial charge in [-0.1, -0.05) is 36.4 Å². The zero-order valence-corrected chi connectivity index (χ0v) is 9.67. The molecular formula is C14H13N3. The van der Waals surface area contributed by atoms with Gasteiger partial charge in [0.05, 0.1) is 0 Å². The Labute approximate surface area is 99.7 Å². The minimum Gasteiger partial charge on any atom is -0.218 e. The van der Waals surface area contributed by atoms with Crippen LogP contribution in [0.15, 0.2) is 48.5 Å². The standard InChI is InChI=1S/C14H13N3/c1-11-6-5-9-14-15-13(16-17(11)14)10-12-7-3-2-4-8-12/h2-9H,10H2,1H3. The van der Waals surface area contributed by atoms with Crippen LogP contribution in [0.1, 0.15) is 17.1 Å². The molecule has 0 atom stereocenters. The summed E-state index contributed by atoms with van der Waals surface area (Å²) in [5.41, 5.74) is 3.26. The van der Waals surface area contributed by atoms with Crippen molar-refractivity contribution in [2.24, 2.45) is 0 Å². The molecule has 0 fully saturated rings. The fourth-order valence-electron chi connectivity index (χ4n) is 1.93. The normalized spacial score (nSPS) is 10.9. The quantitative estimate of drug-likeness (QED) is 0.668. The van der Waals surface area contributed by atoms with Crippen LogP contribution in [0.2, 0.25) is 0 Å². The zero-order chi connectivity index (χ0) is 11.7. The van der Waals surface area contributed by atoms with Crippen molar-refractivity contribution in [3.05, 3.63) is 65.6 Å². The molecule has 17 heavy (non-hydrogen) atoms. The number of hydrogen-bond donors (Lipinski definition) is 0. The van der Waals surface area contributed by atoms with Crippen molar-refractivity contribution in [2.75, 3.05) is 0 Å². The molecule has 0 aliphatic rings. The third-order valence-corrected chi connectivity index (χ3v) is 2.80. The maximum Gasteiger partial charge on any atom is 0.156 e. The van der Waals surface area contributed by atoms with Gasteiger partial charge in [-0.25, -0.2) is 9.50 Å². The van der Waals surface area contributed by atoms with E-state index in [9.17, 15) is 0 Å². The summed E-state index contributed by atoms with van der Waals surface area (Å²) >= 11 is 0. The third kappa shape index (κ3) is 1.91. The highest BCUT2D eigenvalue weighted by Crippen LogP contribution is 2.09. The van der Waals surface area contributed by atoms with Crippen LogP contribution in [-0.4, -0.2) is 14.6 Å². The maximum atomic E-state index is 4.52. The average molecular weight is 223 g/mol. The van der Waals surface area contributed by atoms with E-state index in [1.165, 1.54) is 5.56 Å². The van der Waals surface area contributed by atoms with E-state index in [2.05, 4.69) is 22.2 Å². The van der Waals surface area contributed by atoms with Crippen LogP contribution in [-0.2, 0) is 6.42 Å². The third-order valence-electron chi connectivity index (χ3n) is 2.80. The van der Waals surface area contributed by atoms with Crippen molar-refractivity contribution in [1.82, 2.24) is 14.6 Å². The van der Waals surface area contributed by atoms with Crippen LogP contribution in [0.3, 0.4) is 0 Å². The molecule has 0 amide bonds. The van der Waals surface area contributed by atoms with Gasteiger partial charge in [0.15, 0.2) is 11.5 Å². The fourth-order valence-corrected chi connectivity index (χ4v) is 1.93. The molecule has 2 aromatic heterocycles. The monoisotopic (exact) mass is 223 g/mol. The molecule has 0 radical (unpaired) electrons. The number of rotatable bonds is 2. The lowest BCUT2D eigenvalue weighted by Crippen LogP contribution is -1.94. The number of aryl methyl sites for hydroxylation is 1. The van der Waals surface area contributed by atoms with Gasteiger partial charge in [-0.2, -0.15) is 5.10 Å². The first kappa shape index (κ1) is 10.0. The molecule has 0 spiro atoms. The van der Waals surface area contributed by atoms with Crippen LogP contribution in [0, 0.1) is 6.92 Å². The highest BCUT2D eigenvalue weighted by atomic mass is 15.3. The molecule has 84 valence electrons. The van der Waals surface area contributed by atoms with Crippen LogP contribution in [0.25, 0.3) is 5.65 Å². The van der Waals surface area contributed by atoms with Crippen molar-refractivity contribution < 1.29 is 0 Å². The number of pyridine rings is 1. The van der Waals surface area contributed by atoms with Gasteiger partial charge in [-0.05, 0) is 24.6 Å². The second kappa shape index (κ2) is 4.01. The topological polar surface area (TPSA) is 30.2 Å². The van der Waals surface area contributed by atoms with Crippen LogP contribution < -0.4 is 0 Å². The lowest BCUT2D eigenvalue weighted by molar-refractivity contribution is 0.870. The second-order valence-electron chi connectivity index (χ2n) is 4.13. The summed E-state index contributed by atoms with van der Waals surface area (Å²) in [7, 11) is 0. The van der Waals surface area contributed by atoms with Gasteiger partial charge in [0.25, 0.3) is 0 Å². The van der Waals surface area contributed by atoms with E-state index in [4.69, 9.17) is 0 Å². The summed E-state index contributed by atoms with van der Waals surface area (Å²) in [6.45, 7) is 2.04. The first-order valence-electron chi connectivity index (χ1n) is 5.68. The Morgan fingerprint density at radius 2 is 1.82 bits per heavy atom. The molecule has 0 unspecified atom stereocenters. The van der Waals surface area contributed by atoms with Crippen molar-refractivity contribution >= 4 is 5.65 Å². The molecule has 3 rings (SSSR count). The van der Waals surface area contributed by atoms with Crippen molar-refractivity contribution in [3.63, 3.8) is 0 Å². The highest BCUT2D eigenvalue weighted by molar-refractivity contribution is 5.39. The van der Waals surface area contributed by atoms with Crippen molar-refractivity contribution in [2.45, 2.75) is 13.3 Å². The minimum absolute atomic E-state index is 0.780. The molecule has 0 bridgehead atoms. The molecule has 1 aromatic carbocycles. The van der Waals surface area contributed by atoms with E-state index in [1.54, 1.807) is 0 Å². The molecule has 0 saturated heterocycles. The molecule has 2 heterocycles. The lowest BCUT2D eigenvalue weighted by atomic mass is 10.1. The molecular weight excluding hydrogens is 210 g/mol. The summed E-state index contributed by atoms with van der Waals surface area (Å²) in [6, 6.07) is 16.3. The molecule has 0 saturated carbocycles. The predicted octanol–water partition coefficient (Wildman–Crippen LogP) is 2.63. The first-order valence-corrected chi connectivity index (χ1v) is 5.68. The SMILES string of the molecule is Cc1cccc2nc(Cc3ccccc3)nn12. The molecule has 0 N–H and O–H groups in total. The Morgan fingerprint density at radius 3 is 2.59 bits per heavy atom. The van der Waals surface area contributed by atoms with E-state index in [0.717, 1.165) is 23.6 Å². The van der Waals surface area contributed by atoms with Gasteiger partial charge in [0.2, 0.25) is 0 Å². The average Bonchev–Trinajstić information content (AvgIpc) is 2.74. The van der Waals surface area contributed by atoms with Gasteiger partial charge in [0.1, 0.15) is 0 Å². The van der Waals surface area contributed by atoms with E-state index in [0.29, 0.717) is 0 Å². The second-order valence-corrected chi connectivity index (χ2v) is 4.13. The number of aromatic nitrogens is 3. The van der Waals surface area contributed by atoms with E-state index in [-0.39, 0.29) is 0 Å². The zero-order valence-electron chi connectivity index (χ0n) is 9.67. The molecule has 3 nitrogen and oxygen atoms in total. The maximum absolute atomic E-state index is 4.52. The number of hydrogen-bond acceptors (Lipinski definition) is 2. The Hall–Kier alpha value is -2.16. The van der Waals surface area contributed by atoms with Gasteiger partial charge < -0.3 is 0 Å². The summed E-state index contributed by atoms with van der Waals surface area (Å²) in [4.78, 5) is 4.52. The number of nitrogens with zero attached hydrogens (tertiary/aromatic N) is 3. The molecule has 3 aromatic rings. The number of fused-ring (bicyclic) bond motifs is 1. The molecule has 0 aliphatic heterocycles. The Bertz CT molecular complexity index is 641. The Morgan fingerprint density at radius 1 is 1.00 bits per heavy atom. The van der Waals surface area contributed by atoms with Crippen LogP contribution in [0.5, 0.6) is 0 Å². The number of benzene rings is 1.